The molecule has 3 N–H and O–H groups in total. The third-order valence-corrected chi connectivity index (χ3v) is 1.72. The number of ketones is 1. The lowest BCUT2D eigenvalue weighted by Gasteiger charge is -2.06. The zero-order valence-corrected chi connectivity index (χ0v) is 7.21. The van der Waals surface area contributed by atoms with Gasteiger partial charge < -0.3 is 10.8 Å². The second kappa shape index (κ2) is 4.26. The van der Waals surface area contributed by atoms with Gasteiger partial charge in [0.25, 0.3) is 0 Å². The van der Waals surface area contributed by atoms with Gasteiger partial charge >= 0.3 is 0 Å². The molecule has 14 heavy (non-hydrogen) atoms. The summed E-state index contributed by atoms with van der Waals surface area (Å²) in [5.41, 5.74) is 4.67. The third-order valence-electron chi connectivity index (χ3n) is 1.72. The lowest BCUT2D eigenvalue weighted by molar-refractivity contribution is 0.0758. The quantitative estimate of drug-likeness (QED) is 0.698. The molecule has 0 spiro atoms. The summed E-state index contributed by atoms with van der Waals surface area (Å²) in [5, 5.41) is 9.04. The number of hydrogen-bond acceptors (Lipinski definition) is 3. The van der Waals surface area contributed by atoms with E-state index in [1.54, 1.807) is 0 Å². The van der Waals surface area contributed by atoms with Crippen molar-refractivity contribution in [3.05, 3.63) is 35.4 Å². The molecule has 1 unspecified atom stereocenters. The van der Waals surface area contributed by atoms with Crippen LogP contribution in [-0.4, -0.2) is 23.5 Å². The highest BCUT2D eigenvalue weighted by atomic mass is 19.1. The van der Waals surface area contributed by atoms with Gasteiger partial charge in [-0.05, 0) is 12.1 Å². The van der Waals surface area contributed by atoms with Crippen molar-refractivity contribution < 1.29 is 18.7 Å². The van der Waals surface area contributed by atoms with Crippen molar-refractivity contribution in [1.29, 1.82) is 0 Å². The molecule has 0 bridgehead atoms. The van der Waals surface area contributed by atoms with Gasteiger partial charge in [0.2, 0.25) is 0 Å². The molecule has 0 aliphatic carbocycles. The molecule has 0 amide bonds. The number of benzene rings is 1. The van der Waals surface area contributed by atoms with Gasteiger partial charge in [0.15, 0.2) is 5.78 Å². The normalized spacial score (nSPS) is 12.6. The van der Waals surface area contributed by atoms with Crippen molar-refractivity contribution in [3.8, 4) is 0 Å². The molecule has 0 saturated carbocycles. The number of halogens is 2. The first-order valence-corrected chi connectivity index (χ1v) is 3.93. The second-order valence-electron chi connectivity index (χ2n) is 2.74. The van der Waals surface area contributed by atoms with Crippen molar-refractivity contribution in [3.63, 3.8) is 0 Å². The molecule has 76 valence electrons. The van der Waals surface area contributed by atoms with Crippen LogP contribution in [0.3, 0.4) is 0 Å². The first-order valence-electron chi connectivity index (χ1n) is 3.93. The topological polar surface area (TPSA) is 63.3 Å². The highest BCUT2D eigenvalue weighted by Crippen LogP contribution is 2.11. The maximum Gasteiger partial charge on any atom is 0.195 e. The molecular weight excluding hydrogens is 192 g/mol. The number of Topliss-reactive ketones (excluding diaryl/α,β-unsaturated/α-hetero) is 1. The summed E-state index contributed by atoms with van der Waals surface area (Å²) in [5.74, 6) is -2.62. The highest BCUT2D eigenvalue weighted by Gasteiger charge is 2.19. The van der Waals surface area contributed by atoms with E-state index in [0.717, 1.165) is 12.1 Å². The lowest BCUT2D eigenvalue weighted by atomic mass is 10.1. The van der Waals surface area contributed by atoms with E-state index in [2.05, 4.69) is 0 Å². The fraction of sp³-hybridized carbons (Fsp3) is 0.222. The van der Waals surface area contributed by atoms with E-state index in [4.69, 9.17) is 10.8 Å². The Labute approximate surface area is 79.2 Å². The number of rotatable bonds is 3. The van der Waals surface area contributed by atoms with Crippen LogP contribution in [0.5, 0.6) is 0 Å². The maximum absolute atomic E-state index is 13.0. The number of aliphatic hydroxyl groups is 1. The minimum absolute atomic E-state index is 0.296. The van der Waals surface area contributed by atoms with Crippen LogP contribution in [0.15, 0.2) is 18.2 Å². The SMILES string of the molecule is NCC(O)C(=O)c1ccc(F)cc1F. The summed E-state index contributed by atoms with van der Waals surface area (Å²) >= 11 is 0. The summed E-state index contributed by atoms with van der Waals surface area (Å²) in [6.45, 7) is -0.296. The molecule has 1 atom stereocenters. The molecule has 1 aromatic carbocycles. The number of nitrogens with two attached hydrogens (primary N) is 1. The minimum atomic E-state index is -1.45. The van der Waals surface area contributed by atoms with Gasteiger partial charge in [0.05, 0.1) is 5.56 Å². The van der Waals surface area contributed by atoms with Crippen LogP contribution in [0, 0.1) is 11.6 Å². The molecule has 0 fully saturated rings. The minimum Gasteiger partial charge on any atom is -0.384 e. The van der Waals surface area contributed by atoms with Gasteiger partial charge in [0, 0.05) is 12.6 Å². The van der Waals surface area contributed by atoms with Crippen molar-refractivity contribution in [2.45, 2.75) is 6.10 Å². The fourth-order valence-corrected chi connectivity index (χ4v) is 0.976. The largest absolute Gasteiger partial charge is 0.384 e. The van der Waals surface area contributed by atoms with Crippen molar-refractivity contribution >= 4 is 5.78 Å². The predicted molar refractivity (Wildman–Crippen MR) is 45.7 cm³/mol. The van der Waals surface area contributed by atoms with Gasteiger partial charge in [0.1, 0.15) is 17.7 Å². The second-order valence-corrected chi connectivity index (χ2v) is 2.74. The fourth-order valence-electron chi connectivity index (χ4n) is 0.976. The molecule has 0 heterocycles. The van der Waals surface area contributed by atoms with E-state index in [0.29, 0.717) is 6.07 Å². The van der Waals surface area contributed by atoms with Crippen LogP contribution < -0.4 is 5.73 Å². The van der Waals surface area contributed by atoms with Gasteiger partial charge in [-0.25, -0.2) is 8.78 Å². The predicted octanol–water partition coefficient (Wildman–Crippen LogP) is 0.467. The van der Waals surface area contributed by atoms with Gasteiger partial charge in [-0.3, -0.25) is 4.79 Å². The van der Waals surface area contributed by atoms with E-state index in [1.807, 2.05) is 0 Å². The molecule has 0 radical (unpaired) electrons. The Morgan fingerprint density at radius 1 is 1.50 bits per heavy atom. The van der Waals surface area contributed by atoms with Crippen LogP contribution in [0.4, 0.5) is 8.78 Å². The van der Waals surface area contributed by atoms with Crippen LogP contribution >= 0.6 is 0 Å². The number of hydrogen-bond donors (Lipinski definition) is 2. The van der Waals surface area contributed by atoms with E-state index in [9.17, 15) is 13.6 Å². The lowest BCUT2D eigenvalue weighted by Crippen LogP contribution is -2.29. The monoisotopic (exact) mass is 201 g/mol. The Bertz CT molecular complexity index is 355. The summed E-state index contributed by atoms with van der Waals surface area (Å²) < 4.78 is 25.4. The zero-order valence-electron chi connectivity index (χ0n) is 7.21. The number of carbonyl (C=O) groups is 1. The van der Waals surface area contributed by atoms with Crippen molar-refractivity contribution in [2.24, 2.45) is 5.73 Å². The van der Waals surface area contributed by atoms with Gasteiger partial charge in [-0.2, -0.15) is 0 Å². The number of carbonyl (C=O) groups excluding carboxylic acids is 1. The van der Waals surface area contributed by atoms with Crippen molar-refractivity contribution in [2.75, 3.05) is 6.54 Å². The first-order chi connectivity index (χ1) is 6.56. The van der Waals surface area contributed by atoms with Crippen molar-refractivity contribution in [1.82, 2.24) is 0 Å². The van der Waals surface area contributed by atoms with E-state index >= 15 is 0 Å². The Morgan fingerprint density at radius 3 is 2.64 bits per heavy atom. The van der Waals surface area contributed by atoms with Crippen LogP contribution in [0.2, 0.25) is 0 Å². The van der Waals surface area contributed by atoms with Gasteiger partial charge in [-0.1, -0.05) is 0 Å². The first kappa shape index (κ1) is 10.7. The maximum atomic E-state index is 13.0. The molecule has 0 saturated heterocycles. The summed E-state index contributed by atoms with van der Waals surface area (Å²) in [4.78, 5) is 11.2. The third kappa shape index (κ3) is 2.12. The van der Waals surface area contributed by atoms with Crippen LogP contribution in [0.25, 0.3) is 0 Å². The van der Waals surface area contributed by atoms with Crippen LogP contribution in [-0.2, 0) is 0 Å². The molecule has 0 aliphatic heterocycles. The van der Waals surface area contributed by atoms with E-state index in [-0.39, 0.29) is 12.1 Å². The standard InChI is InChI=1S/C9H9F2NO2/c10-5-1-2-6(7(11)3-5)9(14)8(13)4-12/h1-3,8,13H,4,12H2. The Kier molecular flexibility index (Phi) is 3.27. The molecule has 3 nitrogen and oxygen atoms in total. The van der Waals surface area contributed by atoms with E-state index < -0.39 is 23.5 Å². The van der Waals surface area contributed by atoms with Gasteiger partial charge in [-0.15, -0.1) is 0 Å². The molecular formula is C9H9F2NO2. The summed E-state index contributed by atoms with van der Waals surface area (Å²) in [7, 11) is 0. The molecule has 1 aromatic rings. The summed E-state index contributed by atoms with van der Waals surface area (Å²) in [6, 6.07) is 2.50. The zero-order chi connectivity index (χ0) is 10.7. The smallest absolute Gasteiger partial charge is 0.195 e. The average Bonchev–Trinajstić information content (AvgIpc) is 2.15. The van der Waals surface area contributed by atoms with Crippen LogP contribution in [0.1, 0.15) is 10.4 Å². The number of aliphatic hydroxyl groups excluding tert-OH is 1. The average molecular weight is 201 g/mol. The molecule has 1 rings (SSSR count). The highest BCUT2D eigenvalue weighted by molar-refractivity contribution is 5.99. The Morgan fingerprint density at radius 2 is 2.14 bits per heavy atom. The molecule has 5 heteroatoms. The Hall–Kier alpha value is -1.33. The van der Waals surface area contributed by atoms with E-state index in [1.165, 1.54) is 0 Å². The molecule has 0 aliphatic rings. The summed E-state index contributed by atoms with van der Waals surface area (Å²) in [6.07, 6.45) is -1.45. The Balaban J connectivity index is 3.02. The molecule has 0 aromatic heterocycles.